The van der Waals surface area contributed by atoms with E-state index in [4.69, 9.17) is 0 Å². The number of para-hydroxylation sites is 1. The summed E-state index contributed by atoms with van der Waals surface area (Å²) >= 11 is 0. The molecule has 8 nitrogen and oxygen atoms in total. The monoisotopic (exact) mass is 310 g/mol. The maximum absolute atomic E-state index is 12.5. The largest absolute Gasteiger partial charge is 0.326 e. The van der Waals surface area contributed by atoms with Crippen molar-refractivity contribution in [3.05, 3.63) is 52.6 Å². The van der Waals surface area contributed by atoms with Crippen LogP contribution in [0.3, 0.4) is 0 Å². The molecule has 1 unspecified atom stereocenters. The number of nitrogens with one attached hydrogen (secondary N) is 2. The molecule has 3 heterocycles. The SMILES string of the molecule is O=C(c1ncn[nH]1)N1CCCC1c1nc2ccccc2c(=O)[nH]1. The van der Waals surface area contributed by atoms with Gasteiger partial charge in [0.1, 0.15) is 12.2 Å². The molecule has 0 aliphatic carbocycles. The molecule has 1 aliphatic rings. The van der Waals surface area contributed by atoms with E-state index in [0.29, 0.717) is 23.3 Å². The molecule has 1 aromatic carbocycles. The Morgan fingerprint density at radius 1 is 1.30 bits per heavy atom. The second-order valence-corrected chi connectivity index (χ2v) is 5.46. The highest BCUT2D eigenvalue weighted by Gasteiger charge is 2.33. The van der Waals surface area contributed by atoms with Gasteiger partial charge in [-0.25, -0.2) is 9.97 Å². The van der Waals surface area contributed by atoms with Crippen molar-refractivity contribution in [2.75, 3.05) is 6.54 Å². The van der Waals surface area contributed by atoms with E-state index in [1.54, 1.807) is 23.1 Å². The number of nitrogens with zero attached hydrogens (tertiary/aromatic N) is 4. The lowest BCUT2D eigenvalue weighted by Crippen LogP contribution is -2.33. The van der Waals surface area contributed by atoms with Gasteiger partial charge in [0.25, 0.3) is 11.5 Å². The number of fused-ring (bicyclic) bond motifs is 1. The van der Waals surface area contributed by atoms with E-state index in [0.717, 1.165) is 12.8 Å². The highest BCUT2D eigenvalue weighted by atomic mass is 16.2. The topological polar surface area (TPSA) is 108 Å². The molecular weight excluding hydrogens is 296 g/mol. The van der Waals surface area contributed by atoms with Crippen molar-refractivity contribution in [3.63, 3.8) is 0 Å². The smallest absolute Gasteiger partial charge is 0.291 e. The van der Waals surface area contributed by atoms with Crippen molar-refractivity contribution >= 4 is 16.8 Å². The van der Waals surface area contributed by atoms with Crippen molar-refractivity contribution in [2.24, 2.45) is 0 Å². The standard InChI is InChI=1S/C15H14N6O2/c22-14-9-4-1-2-5-10(9)18-12(19-14)11-6-3-7-21(11)15(23)13-16-8-17-20-13/h1-2,4-5,8,11H,3,6-7H2,(H,16,17,20)(H,18,19,22). The molecule has 0 bridgehead atoms. The summed E-state index contributed by atoms with van der Waals surface area (Å²) in [5.41, 5.74) is 0.440. The van der Waals surface area contributed by atoms with Crippen LogP contribution in [0, 0.1) is 0 Å². The Morgan fingerprint density at radius 2 is 2.17 bits per heavy atom. The average molecular weight is 310 g/mol. The van der Waals surface area contributed by atoms with Gasteiger partial charge >= 0.3 is 0 Å². The third-order valence-corrected chi connectivity index (χ3v) is 4.08. The predicted octanol–water partition coefficient (Wildman–Crippen LogP) is 1.02. The first kappa shape index (κ1) is 13.6. The summed E-state index contributed by atoms with van der Waals surface area (Å²) in [6.45, 7) is 0.598. The van der Waals surface area contributed by atoms with E-state index >= 15 is 0 Å². The molecule has 1 atom stereocenters. The molecule has 0 radical (unpaired) electrons. The van der Waals surface area contributed by atoms with Crippen LogP contribution in [0.2, 0.25) is 0 Å². The minimum atomic E-state index is -0.259. The van der Waals surface area contributed by atoms with Gasteiger partial charge in [-0.15, -0.1) is 0 Å². The van der Waals surface area contributed by atoms with E-state index in [-0.39, 0.29) is 23.3 Å². The van der Waals surface area contributed by atoms with Gasteiger partial charge in [0.05, 0.1) is 16.9 Å². The Morgan fingerprint density at radius 3 is 3.00 bits per heavy atom. The number of aromatic nitrogens is 5. The van der Waals surface area contributed by atoms with E-state index in [2.05, 4.69) is 25.1 Å². The number of carbonyl (C=O) groups is 1. The van der Waals surface area contributed by atoms with Crippen LogP contribution in [0.1, 0.15) is 35.3 Å². The van der Waals surface area contributed by atoms with Crippen LogP contribution >= 0.6 is 0 Å². The maximum atomic E-state index is 12.5. The summed E-state index contributed by atoms with van der Waals surface area (Å²) in [6, 6.07) is 6.91. The zero-order valence-electron chi connectivity index (χ0n) is 12.2. The Kier molecular flexibility index (Phi) is 3.14. The van der Waals surface area contributed by atoms with Crippen LogP contribution < -0.4 is 5.56 Å². The summed E-state index contributed by atoms with van der Waals surface area (Å²) in [4.78, 5) is 37.7. The Bertz CT molecular complexity index is 917. The third kappa shape index (κ3) is 2.28. The number of likely N-dealkylation sites (tertiary alicyclic amines) is 1. The van der Waals surface area contributed by atoms with Crippen LogP contribution in [-0.4, -0.2) is 42.5 Å². The molecule has 1 amide bonds. The molecular formula is C15H14N6O2. The lowest BCUT2D eigenvalue weighted by atomic mass is 10.2. The van der Waals surface area contributed by atoms with Crippen molar-refractivity contribution < 1.29 is 4.79 Å². The third-order valence-electron chi connectivity index (χ3n) is 4.08. The molecule has 23 heavy (non-hydrogen) atoms. The van der Waals surface area contributed by atoms with Gasteiger partial charge in [-0.1, -0.05) is 12.1 Å². The molecule has 0 saturated carbocycles. The fourth-order valence-electron chi connectivity index (χ4n) is 3.00. The van der Waals surface area contributed by atoms with Crippen molar-refractivity contribution in [1.82, 2.24) is 30.0 Å². The molecule has 2 N–H and O–H groups in total. The molecule has 1 aliphatic heterocycles. The highest BCUT2D eigenvalue weighted by Crippen LogP contribution is 2.30. The quantitative estimate of drug-likeness (QED) is 0.734. The van der Waals surface area contributed by atoms with Crippen LogP contribution in [0.5, 0.6) is 0 Å². The first-order valence-corrected chi connectivity index (χ1v) is 7.39. The second-order valence-electron chi connectivity index (χ2n) is 5.46. The number of aromatic amines is 2. The lowest BCUT2D eigenvalue weighted by Gasteiger charge is -2.22. The van der Waals surface area contributed by atoms with Crippen molar-refractivity contribution in [1.29, 1.82) is 0 Å². The Hall–Kier alpha value is -3.03. The maximum Gasteiger partial charge on any atom is 0.291 e. The van der Waals surface area contributed by atoms with Crippen molar-refractivity contribution in [2.45, 2.75) is 18.9 Å². The van der Waals surface area contributed by atoms with Crippen LogP contribution in [0.25, 0.3) is 10.9 Å². The average Bonchev–Trinajstić information content (AvgIpc) is 3.26. The van der Waals surface area contributed by atoms with Crippen LogP contribution in [0.4, 0.5) is 0 Å². The number of hydrogen-bond acceptors (Lipinski definition) is 5. The highest BCUT2D eigenvalue weighted by molar-refractivity contribution is 5.90. The molecule has 3 aromatic rings. The number of carbonyl (C=O) groups excluding carboxylic acids is 1. The van der Waals surface area contributed by atoms with Gasteiger partial charge in [-0.2, -0.15) is 5.10 Å². The summed E-state index contributed by atoms with van der Waals surface area (Å²) in [6.07, 6.45) is 2.90. The van der Waals surface area contributed by atoms with Crippen LogP contribution in [-0.2, 0) is 0 Å². The molecule has 1 saturated heterocycles. The zero-order valence-corrected chi connectivity index (χ0v) is 12.2. The van der Waals surface area contributed by atoms with E-state index in [9.17, 15) is 9.59 Å². The fraction of sp³-hybridized carbons (Fsp3) is 0.267. The molecule has 116 valence electrons. The van der Waals surface area contributed by atoms with E-state index in [1.165, 1.54) is 6.33 Å². The zero-order chi connectivity index (χ0) is 15.8. The first-order valence-electron chi connectivity index (χ1n) is 7.39. The summed E-state index contributed by atoms with van der Waals surface area (Å²) in [7, 11) is 0. The van der Waals surface area contributed by atoms with E-state index < -0.39 is 0 Å². The molecule has 0 spiro atoms. The van der Waals surface area contributed by atoms with Gasteiger partial charge in [-0.05, 0) is 25.0 Å². The number of rotatable bonds is 2. The van der Waals surface area contributed by atoms with Gasteiger partial charge < -0.3 is 9.88 Å². The number of amides is 1. The lowest BCUT2D eigenvalue weighted by molar-refractivity contribution is 0.0718. The molecule has 2 aromatic heterocycles. The normalized spacial score (nSPS) is 17.7. The number of hydrogen-bond donors (Lipinski definition) is 2. The van der Waals surface area contributed by atoms with Gasteiger partial charge in [0.2, 0.25) is 5.82 Å². The van der Waals surface area contributed by atoms with Gasteiger partial charge in [-0.3, -0.25) is 14.7 Å². The summed E-state index contributed by atoms with van der Waals surface area (Å²) in [5.74, 6) is 0.472. The molecule has 8 heteroatoms. The number of H-pyrrole nitrogens is 2. The van der Waals surface area contributed by atoms with Crippen molar-refractivity contribution in [3.8, 4) is 0 Å². The Balaban J connectivity index is 1.74. The summed E-state index contributed by atoms with van der Waals surface area (Å²) in [5, 5.41) is 6.84. The minimum absolute atomic E-state index is 0.190. The first-order chi connectivity index (χ1) is 11.2. The predicted molar refractivity (Wildman–Crippen MR) is 81.8 cm³/mol. The minimum Gasteiger partial charge on any atom is -0.326 e. The fourth-order valence-corrected chi connectivity index (χ4v) is 3.00. The number of benzene rings is 1. The molecule has 1 fully saturated rings. The van der Waals surface area contributed by atoms with E-state index in [1.807, 2.05) is 6.07 Å². The Labute approximate surface area is 130 Å². The summed E-state index contributed by atoms with van der Waals surface area (Å²) < 4.78 is 0. The second kappa shape index (κ2) is 5.31. The van der Waals surface area contributed by atoms with Gasteiger partial charge in [0, 0.05) is 6.54 Å². The van der Waals surface area contributed by atoms with Crippen LogP contribution in [0.15, 0.2) is 35.4 Å². The van der Waals surface area contributed by atoms with Gasteiger partial charge in [0.15, 0.2) is 0 Å². The molecule has 4 rings (SSSR count).